The normalized spacial score (nSPS) is 14.5. The fourth-order valence-corrected chi connectivity index (χ4v) is 6.42. The lowest BCUT2D eigenvalue weighted by Crippen LogP contribution is -2.33. The molecule has 0 bridgehead atoms. The summed E-state index contributed by atoms with van der Waals surface area (Å²) >= 11 is 0. The van der Waals surface area contributed by atoms with Gasteiger partial charge in [0, 0.05) is 28.4 Å². The van der Waals surface area contributed by atoms with Crippen LogP contribution in [0.3, 0.4) is 0 Å². The van der Waals surface area contributed by atoms with E-state index in [-0.39, 0.29) is 0 Å². The van der Waals surface area contributed by atoms with E-state index < -0.39 is 18.6 Å². The Bertz CT molecular complexity index is 287. The van der Waals surface area contributed by atoms with Crippen LogP contribution in [0.2, 0.25) is 11.1 Å². The molecule has 0 aromatic carbocycles. The molecule has 2 atom stereocenters. The summed E-state index contributed by atoms with van der Waals surface area (Å²) in [5.74, 6) is 0. The third-order valence-electron chi connectivity index (χ3n) is 5.09. The van der Waals surface area contributed by atoms with Crippen LogP contribution in [0.15, 0.2) is 0 Å². The Morgan fingerprint density at radius 2 is 1.12 bits per heavy atom. The van der Waals surface area contributed by atoms with Crippen LogP contribution in [0, 0.1) is 0 Å². The average Bonchev–Trinajstić information content (AvgIpc) is 2.65. The van der Waals surface area contributed by atoms with E-state index in [2.05, 4.69) is 18.7 Å². The lowest BCUT2D eigenvalue weighted by molar-refractivity contribution is 0.228. The van der Waals surface area contributed by atoms with Crippen LogP contribution >= 0.6 is 0 Å². The van der Waals surface area contributed by atoms with E-state index in [1.807, 2.05) is 0 Å². The molecule has 0 aliphatic heterocycles. The summed E-state index contributed by atoms with van der Waals surface area (Å²) in [6, 6.07) is 0. The van der Waals surface area contributed by atoms with Gasteiger partial charge in [-0.3, -0.25) is 0 Å². The first-order valence-electron chi connectivity index (χ1n) is 10.1. The van der Waals surface area contributed by atoms with Crippen LogP contribution in [0.4, 0.5) is 0 Å². The molecule has 2 N–H and O–H groups in total. The van der Waals surface area contributed by atoms with E-state index in [0.717, 1.165) is 45.4 Å². The topological polar surface area (TPSA) is 66.2 Å². The van der Waals surface area contributed by atoms with Gasteiger partial charge in [-0.25, -0.2) is 0 Å². The van der Waals surface area contributed by atoms with E-state index >= 15 is 0 Å². The van der Waals surface area contributed by atoms with Crippen molar-refractivity contribution in [2.75, 3.05) is 54.6 Å². The first-order valence-corrected chi connectivity index (χ1v) is 13.3. The summed E-state index contributed by atoms with van der Waals surface area (Å²) in [4.78, 5) is 2.60. The van der Waals surface area contributed by atoms with Crippen molar-refractivity contribution in [3.8, 4) is 0 Å². The van der Waals surface area contributed by atoms with Crippen molar-refractivity contribution in [2.24, 2.45) is 5.73 Å². The number of unbranched alkanes of at least 4 members (excludes halogenated alkanes) is 3. The van der Waals surface area contributed by atoms with Crippen molar-refractivity contribution in [2.45, 2.75) is 63.5 Å². The number of hydrogen-bond donors (Lipinski definition) is 1. The maximum Gasteiger partial charge on any atom is 0.323 e. The van der Waals surface area contributed by atoms with Crippen molar-refractivity contribution in [3.05, 3.63) is 0 Å². The first kappa shape index (κ1) is 26.2. The lowest BCUT2D eigenvalue weighted by Gasteiger charge is -2.27. The maximum absolute atomic E-state index is 5.59. The van der Waals surface area contributed by atoms with E-state index in [4.69, 9.17) is 23.4 Å². The lowest BCUT2D eigenvalue weighted by atomic mass is 10.1. The quantitative estimate of drug-likeness (QED) is 0.277. The molecule has 0 rings (SSSR count). The molecule has 158 valence electrons. The van der Waals surface area contributed by atoms with Crippen LogP contribution in [0.5, 0.6) is 0 Å². The van der Waals surface area contributed by atoms with Crippen molar-refractivity contribution < 1.29 is 17.7 Å². The summed E-state index contributed by atoms with van der Waals surface area (Å²) in [5, 5.41) is 0. The van der Waals surface area contributed by atoms with Crippen LogP contribution in [0.1, 0.15) is 52.4 Å². The van der Waals surface area contributed by atoms with Crippen molar-refractivity contribution in [1.82, 2.24) is 4.90 Å². The molecule has 0 aliphatic carbocycles. The standard InChI is InChI=1S/C18H44N2O4Si2/c1-17(25(21-3)22-4)11-15-20(14-10-8-7-9-13-19)16-12-18(2)26(23-5)24-6/h17-18,25-26H,7-16,19H2,1-6H3. The fourth-order valence-electron chi connectivity index (χ4n) is 3.33. The van der Waals surface area contributed by atoms with Crippen LogP contribution in [-0.4, -0.2) is 78.1 Å². The molecule has 2 unspecified atom stereocenters. The molecule has 0 fully saturated rings. The molecule has 0 saturated heterocycles. The van der Waals surface area contributed by atoms with Gasteiger partial charge in [0.05, 0.1) is 0 Å². The predicted molar refractivity (Wildman–Crippen MR) is 114 cm³/mol. The number of nitrogens with two attached hydrogens (primary N) is 1. The SMILES string of the molecule is CO[SiH](OC)C(C)CCN(CCCCCCN)CCC(C)[SiH](OC)OC. The van der Waals surface area contributed by atoms with Gasteiger partial charge in [-0.15, -0.1) is 0 Å². The Morgan fingerprint density at radius 3 is 1.50 bits per heavy atom. The largest absolute Gasteiger partial charge is 0.400 e. The second-order valence-corrected chi connectivity index (χ2v) is 12.9. The minimum absolute atomic E-state index is 0.516. The van der Waals surface area contributed by atoms with Gasteiger partial charge in [0.1, 0.15) is 0 Å². The van der Waals surface area contributed by atoms with Gasteiger partial charge in [0.25, 0.3) is 0 Å². The van der Waals surface area contributed by atoms with Crippen molar-refractivity contribution in [3.63, 3.8) is 0 Å². The molecule has 0 aromatic heterocycles. The molecule has 0 saturated carbocycles. The summed E-state index contributed by atoms with van der Waals surface area (Å²) in [6.45, 7) is 8.68. The Balaban J connectivity index is 4.43. The Morgan fingerprint density at radius 1 is 0.692 bits per heavy atom. The molecular formula is C18H44N2O4Si2. The zero-order valence-electron chi connectivity index (χ0n) is 18.0. The minimum atomic E-state index is -1.53. The predicted octanol–water partition coefficient (Wildman–Crippen LogP) is 2.39. The third-order valence-corrected chi connectivity index (χ3v) is 9.47. The summed E-state index contributed by atoms with van der Waals surface area (Å²) in [5.41, 5.74) is 6.62. The van der Waals surface area contributed by atoms with Gasteiger partial charge in [-0.1, -0.05) is 26.7 Å². The summed E-state index contributed by atoms with van der Waals surface area (Å²) in [6.07, 6.45) is 7.14. The molecule has 0 aromatic rings. The Kier molecular flexibility index (Phi) is 17.4. The van der Waals surface area contributed by atoms with Crippen LogP contribution < -0.4 is 5.73 Å². The number of nitrogens with zero attached hydrogens (tertiary/aromatic N) is 1. The highest BCUT2D eigenvalue weighted by molar-refractivity contribution is 6.46. The molecule has 0 heterocycles. The smallest absolute Gasteiger partial charge is 0.323 e. The molecule has 0 radical (unpaired) electrons. The Hall–Kier alpha value is 0.194. The van der Waals surface area contributed by atoms with Gasteiger partial charge >= 0.3 is 18.6 Å². The molecule has 6 nitrogen and oxygen atoms in total. The first-order chi connectivity index (χ1) is 12.5. The average molecular weight is 409 g/mol. The van der Waals surface area contributed by atoms with Gasteiger partial charge < -0.3 is 28.3 Å². The summed E-state index contributed by atoms with van der Waals surface area (Å²) in [7, 11) is 4.03. The van der Waals surface area contributed by atoms with Gasteiger partial charge in [-0.2, -0.15) is 0 Å². The van der Waals surface area contributed by atoms with E-state index in [9.17, 15) is 0 Å². The molecule has 0 aliphatic rings. The zero-order chi connectivity index (χ0) is 19.8. The van der Waals surface area contributed by atoms with E-state index in [0.29, 0.717) is 11.1 Å². The second-order valence-electron chi connectivity index (χ2n) is 7.26. The highest BCUT2D eigenvalue weighted by Crippen LogP contribution is 2.19. The molecule has 8 heteroatoms. The summed E-state index contributed by atoms with van der Waals surface area (Å²) < 4.78 is 22.1. The van der Waals surface area contributed by atoms with E-state index in [1.165, 1.54) is 19.3 Å². The number of rotatable bonds is 18. The Labute approximate surface area is 165 Å². The van der Waals surface area contributed by atoms with E-state index in [1.54, 1.807) is 28.4 Å². The monoisotopic (exact) mass is 408 g/mol. The molecule has 0 spiro atoms. The van der Waals surface area contributed by atoms with Crippen LogP contribution in [0.25, 0.3) is 0 Å². The minimum Gasteiger partial charge on any atom is -0.400 e. The molecule has 26 heavy (non-hydrogen) atoms. The third kappa shape index (κ3) is 11.8. The van der Waals surface area contributed by atoms with Gasteiger partial charge in [-0.05, 0) is 62.9 Å². The van der Waals surface area contributed by atoms with Gasteiger partial charge in [0.2, 0.25) is 0 Å². The fraction of sp³-hybridized carbons (Fsp3) is 1.00. The highest BCUT2D eigenvalue weighted by atomic mass is 28.3. The van der Waals surface area contributed by atoms with Gasteiger partial charge in [0.15, 0.2) is 0 Å². The number of hydrogen-bond acceptors (Lipinski definition) is 6. The maximum atomic E-state index is 5.59. The molecular weight excluding hydrogens is 364 g/mol. The highest BCUT2D eigenvalue weighted by Gasteiger charge is 2.22. The second kappa shape index (κ2) is 17.3. The van der Waals surface area contributed by atoms with Crippen molar-refractivity contribution >= 4 is 18.6 Å². The zero-order valence-corrected chi connectivity index (χ0v) is 20.3. The molecule has 0 amide bonds. The van der Waals surface area contributed by atoms with Crippen LogP contribution in [-0.2, 0) is 17.7 Å². The van der Waals surface area contributed by atoms with Crippen molar-refractivity contribution in [1.29, 1.82) is 0 Å².